The second-order valence-electron chi connectivity index (χ2n) is 6.26. The van der Waals surface area contributed by atoms with Crippen LogP contribution >= 0.6 is 0 Å². The van der Waals surface area contributed by atoms with Crippen LogP contribution in [0.2, 0.25) is 0 Å². The highest BCUT2D eigenvalue weighted by Crippen LogP contribution is 2.13. The minimum Gasteiger partial charge on any atom is -0.316 e. The average Bonchev–Trinajstić information content (AvgIpc) is 2.33. The summed E-state index contributed by atoms with van der Waals surface area (Å²) < 4.78 is 0. The van der Waals surface area contributed by atoms with E-state index in [0.29, 0.717) is 6.04 Å². The van der Waals surface area contributed by atoms with Crippen molar-refractivity contribution in [2.45, 2.75) is 45.6 Å². The molecule has 1 heterocycles. The Kier molecular flexibility index (Phi) is 7.87. The number of nitrogens with one attached hydrogen (secondary N) is 1. The van der Waals surface area contributed by atoms with Gasteiger partial charge in [-0.15, -0.1) is 0 Å². The molecular weight excluding hydrogens is 222 g/mol. The molecule has 3 nitrogen and oxygen atoms in total. The molecule has 108 valence electrons. The summed E-state index contributed by atoms with van der Waals surface area (Å²) in [5.41, 5.74) is 0. The van der Waals surface area contributed by atoms with E-state index in [0.717, 1.165) is 5.92 Å². The molecule has 3 heteroatoms. The van der Waals surface area contributed by atoms with Crippen molar-refractivity contribution in [3.8, 4) is 0 Å². The third-order valence-electron chi connectivity index (χ3n) is 4.15. The Morgan fingerprint density at radius 1 is 1.33 bits per heavy atom. The first-order valence-electron chi connectivity index (χ1n) is 7.69. The van der Waals surface area contributed by atoms with Crippen molar-refractivity contribution in [1.29, 1.82) is 0 Å². The minimum atomic E-state index is 0.677. The van der Waals surface area contributed by atoms with Crippen LogP contribution in [0.4, 0.5) is 0 Å². The van der Waals surface area contributed by atoms with Gasteiger partial charge in [0.05, 0.1) is 0 Å². The third kappa shape index (κ3) is 6.72. The van der Waals surface area contributed by atoms with Crippen LogP contribution in [0.15, 0.2) is 0 Å². The van der Waals surface area contributed by atoms with Gasteiger partial charge in [-0.3, -0.25) is 0 Å². The summed E-state index contributed by atoms with van der Waals surface area (Å²) in [4.78, 5) is 4.89. The lowest BCUT2D eigenvalue weighted by Crippen LogP contribution is -2.37. The molecule has 1 aliphatic rings. The molecule has 1 atom stereocenters. The molecule has 1 fully saturated rings. The van der Waals surface area contributed by atoms with Gasteiger partial charge in [-0.25, -0.2) is 0 Å². The highest BCUT2D eigenvalue weighted by molar-refractivity contribution is 4.72. The normalized spacial score (nSPS) is 22.0. The molecule has 1 N–H and O–H groups in total. The predicted octanol–water partition coefficient (Wildman–Crippen LogP) is 2.04. The summed E-state index contributed by atoms with van der Waals surface area (Å²) >= 11 is 0. The SMILES string of the molecule is CC(C)N(C)CCCCNCC1CCCN(C)C1. The molecule has 1 rings (SSSR count). The number of nitrogens with zero attached hydrogens (tertiary/aromatic N) is 2. The van der Waals surface area contributed by atoms with Crippen molar-refractivity contribution in [2.75, 3.05) is 46.8 Å². The lowest BCUT2D eigenvalue weighted by Gasteiger charge is -2.29. The highest BCUT2D eigenvalue weighted by atomic mass is 15.1. The van der Waals surface area contributed by atoms with E-state index >= 15 is 0 Å². The van der Waals surface area contributed by atoms with Crippen molar-refractivity contribution in [1.82, 2.24) is 15.1 Å². The van der Waals surface area contributed by atoms with Crippen LogP contribution in [-0.4, -0.2) is 62.7 Å². The molecule has 1 saturated heterocycles. The summed E-state index contributed by atoms with van der Waals surface area (Å²) in [5, 5.41) is 3.63. The fraction of sp³-hybridized carbons (Fsp3) is 1.00. The van der Waals surface area contributed by atoms with Gasteiger partial charge in [-0.1, -0.05) is 0 Å². The van der Waals surface area contributed by atoms with E-state index < -0.39 is 0 Å². The summed E-state index contributed by atoms with van der Waals surface area (Å²) in [6.07, 6.45) is 5.40. The first-order valence-corrected chi connectivity index (χ1v) is 7.69. The van der Waals surface area contributed by atoms with Crippen LogP contribution in [-0.2, 0) is 0 Å². The van der Waals surface area contributed by atoms with Crippen LogP contribution < -0.4 is 5.32 Å². The van der Waals surface area contributed by atoms with E-state index in [4.69, 9.17) is 0 Å². The third-order valence-corrected chi connectivity index (χ3v) is 4.15. The zero-order valence-electron chi connectivity index (χ0n) is 12.9. The summed E-state index contributed by atoms with van der Waals surface area (Å²) in [6, 6.07) is 0.677. The Bertz CT molecular complexity index is 206. The Morgan fingerprint density at radius 3 is 2.78 bits per heavy atom. The molecule has 18 heavy (non-hydrogen) atoms. The number of likely N-dealkylation sites (tertiary alicyclic amines) is 1. The first kappa shape index (κ1) is 15.9. The topological polar surface area (TPSA) is 18.5 Å². The van der Waals surface area contributed by atoms with Gasteiger partial charge in [0.1, 0.15) is 0 Å². The molecule has 0 aromatic carbocycles. The Hall–Kier alpha value is -0.120. The molecule has 0 spiro atoms. The van der Waals surface area contributed by atoms with Gasteiger partial charge in [-0.2, -0.15) is 0 Å². The van der Waals surface area contributed by atoms with Gasteiger partial charge in [-0.05, 0) is 85.7 Å². The van der Waals surface area contributed by atoms with E-state index in [1.54, 1.807) is 0 Å². The van der Waals surface area contributed by atoms with Crippen LogP contribution in [0.1, 0.15) is 39.5 Å². The van der Waals surface area contributed by atoms with Crippen molar-refractivity contribution >= 4 is 0 Å². The second-order valence-corrected chi connectivity index (χ2v) is 6.26. The van der Waals surface area contributed by atoms with Gasteiger partial charge >= 0.3 is 0 Å². The maximum atomic E-state index is 3.63. The molecule has 1 unspecified atom stereocenters. The Morgan fingerprint density at radius 2 is 2.11 bits per heavy atom. The Balaban J connectivity index is 1.92. The van der Waals surface area contributed by atoms with Crippen molar-refractivity contribution in [3.05, 3.63) is 0 Å². The van der Waals surface area contributed by atoms with Crippen molar-refractivity contribution in [2.24, 2.45) is 5.92 Å². The number of hydrogen-bond donors (Lipinski definition) is 1. The van der Waals surface area contributed by atoms with E-state index in [9.17, 15) is 0 Å². The van der Waals surface area contributed by atoms with E-state index in [1.165, 1.54) is 58.4 Å². The van der Waals surface area contributed by atoms with Crippen LogP contribution in [0, 0.1) is 5.92 Å². The average molecular weight is 255 g/mol. The molecule has 0 aliphatic carbocycles. The van der Waals surface area contributed by atoms with Crippen LogP contribution in [0.25, 0.3) is 0 Å². The van der Waals surface area contributed by atoms with Gasteiger partial charge in [0.25, 0.3) is 0 Å². The van der Waals surface area contributed by atoms with Gasteiger partial charge < -0.3 is 15.1 Å². The smallest absolute Gasteiger partial charge is 0.00355 e. The number of piperidine rings is 1. The highest BCUT2D eigenvalue weighted by Gasteiger charge is 2.16. The molecule has 0 aromatic heterocycles. The summed E-state index contributed by atoms with van der Waals surface area (Å²) in [6.45, 7) is 10.7. The lowest BCUT2D eigenvalue weighted by atomic mass is 9.98. The van der Waals surface area contributed by atoms with Crippen molar-refractivity contribution < 1.29 is 0 Å². The number of unbranched alkanes of at least 4 members (excludes halogenated alkanes) is 1. The molecule has 0 bridgehead atoms. The zero-order chi connectivity index (χ0) is 13.4. The minimum absolute atomic E-state index is 0.677. The molecule has 0 radical (unpaired) electrons. The monoisotopic (exact) mass is 255 g/mol. The maximum Gasteiger partial charge on any atom is 0.00355 e. The predicted molar refractivity (Wildman–Crippen MR) is 80.1 cm³/mol. The fourth-order valence-corrected chi connectivity index (χ4v) is 2.62. The number of rotatable bonds is 8. The summed E-state index contributed by atoms with van der Waals surface area (Å²) in [5.74, 6) is 0.877. The van der Waals surface area contributed by atoms with Gasteiger partial charge in [0, 0.05) is 12.6 Å². The quantitative estimate of drug-likeness (QED) is 0.670. The Labute approximate surface area is 114 Å². The van der Waals surface area contributed by atoms with Crippen LogP contribution in [0.3, 0.4) is 0 Å². The second kappa shape index (κ2) is 8.89. The first-order chi connectivity index (χ1) is 8.59. The van der Waals surface area contributed by atoms with Crippen LogP contribution in [0.5, 0.6) is 0 Å². The van der Waals surface area contributed by atoms with E-state index in [2.05, 4.69) is 43.1 Å². The largest absolute Gasteiger partial charge is 0.316 e. The standard InChI is InChI=1S/C15H33N3/c1-14(2)18(4)11-6-5-9-16-12-15-8-7-10-17(3)13-15/h14-16H,5-13H2,1-4H3. The van der Waals surface area contributed by atoms with Gasteiger partial charge in [0.2, 0.25) is 0 Å². The summed E-state index contributed by atoms with van der Waals surface area (Å²) in [7, 11) is 4.46. The molecule has 1 aliphatic heterocycles. The molecular formula is C15H33N3. The van der Waals surface area contributed by atoms with Crippen molar-refractivity contribution in [3.63, 3.8) is 0 Å². The molecule has 0 saturated carbocycles. The molecule has 0 aromatic rings. The maximum absolute atomic E-state index is 3.63. The zero-order valence-corrected chi connectivity index (χ0v) is 12.9. The van der Waals surface area contributed by atoms with E-state index in [-0.39, 0.29) is 0 Å². The lowest BCUT2D eigenvalue weighted by molar-refractivity contribution is 0.206. The van der Waals surface area contributed by atoms with Gasteiger partial charge in [0.15, 0.2) is 0 Å². The fourth-order valence-electron chi connectivity index (χ4n) is 2.62. The molecule has 0 amide bonds. The number of hydrogen-bond acceptors (Lipinski definition) is 3. The van der Waals surface area contributed by atoms with E-state index in [1.807, 2.05) is 0 Å².